The summed E-state index contributed by atoms with van der Waals surface area (Å²) in [6, 6.07) is 1.50. The fraction of sp³-hybridized carbons (Fsp3) is 0.538. The first kappa shape index (κ1) is 14.1. The Hall–Kier alpha value is -1.33. The van der Waals surface area contributed by atoms with Crippen LogP contribution >= 0.6 is 11.6 Å². The smallest absolute Gasteiger partial charge is 0.255 e. The van der Waals surface area contributed by atoms with E-state index < -0.39 is 0 Å². The van der Waals surface area contributed by atoms with Crippen molar-refractivity contribution in [3.63, 3.8) is 0 Å². The standard InChI is InChI=1S/C13H18ClN3O2/c1-17(8-9-4-2-3-5-19-9)13(18)10-6-12(15)16-7-11(10)14/h6-7,9H,2-5,8H2,1H3,(H2,15,16). The number of halogens is 1. The molecule has 1 aromatic rings. The zero-order chi connectivity index (χ0) is 13.8. The first-order chi connectivity index (χ1) is 9.08. The average molecular weight is 284 g/mol. The fourth-order valence-electron chi connectivity index (χ4n) is 2.16. The molecule has 0 aliphatic carbocycles. The van der Waals surface area contributed by atoms with E-state index in [1.165, 1.54) is 12.3 Å². The van der Waals surface area contributed by atoms with Gasteiger partial charge in [-0.15, -0.1) is 0 Å². The molecule has 19 heavy (non-hydrogen) atoms. The second-order valence-corrected chi connectivity index (χ2v) is 5.17. The molecule has 1 aliphatic heterocycles. The van der Waals surface area contributed by atoms with Crippen molar-refractivity contribution in [1.29, 1.82) is 0 Å². The summed E-state index contributed by atoms with van der Waals surface area (Å²) in [6.07, 6.45) is 4.75. The number of likely N-dealkylation sites (N-methyl/N-ethyl adjacent to an activating group) is 1. The van der Waals surface area contributed by atoms with Gasteiger partial charge in [0.1, 0.15) is 5.82 Å². The summed E-state index contributed by atoms with van der Waals surface area (Å²) < 4.78 is 5.62. The number of nitrogen functional groups attached to an aromatic ring is 1. The molecule has 1 atom stereocenters. The maximum atomic E-state index is 12.3. The number of carbonyl (C=O) groups excluding carboxylic acids is 1. The molecule has 2 rings (SSSR count). The van der Waals surface area contributed by atoms with Crippen LogP contribution in [0.2, 0.25) is 5.02 Å². The van der Waals surface area contributed by atoms with E-state index in [1.54, 1.807) is 11.9 Å². The maximum Gasteiger partial charge on any atom is 0.255 e. The van der Waals surface area contributed by atoms with Crippen LogP contribution in [0, 0.1) is 0 Å². The van der Waals surface area contributed by atoms with Gasteiger partial charge in [0.15, 0.2) is 0 Å². The van der Waals surface area contributed by atoms with E-state index in [-0.39, 0.29) is 17.8 Å². The number of nitrogens with two attached hydrogens (primary N) is 1. The van der Waals surface area contributed by atoms with Crippen LogP contribution in [0.1, 0.15) is 29.6 Å². The van der Waals surface area contributed by atoms with Gasteiger partial charge in [0.2, 0.25) is 0 Å². The van der Waals surface area contributed by atoms with Crippen molar-refractivity contribution in [2.45, 2.75) is 25.4 Å². The molecule has 1 fully saturated rings. The summed E-state index contributed by atoms with van der Waals surface area (Å²) in [7, 11) is 1.74. The van der Waals surface area contributed by atoms with Crippen molar-refractivity contribution >= 4 is 23.3 Å². The Bertz CT molecular complexity index is 461. The molecule has 1 aliphatic rings. The van der Waals surface area contributed by atoms with Crippen LogP contribution in [0.25, 0.3) is 0 Å². The Morgan fingerprint density at radius 3 is 3.11 bits per heavy atom. The highest BCUT2D eigenvalue weighted by Crippen LogP contribution is 2.19. The molecule has 0 spiro atoms. The minimum Gasteiger partial charge on any atom is -0.384 e. The number of rotatable bonds is 3. The first-order valence-corrected chi connectivity index (χ1v) is 6.74. The van der Waals surface area contributed by atoms with E-state index in [0.717, 1.165) is 25.9 Å². The van der Waals surface area contributed by atoms with Crippen LogP contribution in [0.5, 0.6) is 0 Å². The Balaban J connectivity index is 2.03. The van der Waals surface area contributed by atoms with Gasteiger partial charge in [0.05, 0.1) is 16.7 Å². The Labute approximate surface area is 117 Å². The molecule has 0 bridgehead atoms. The maximum absolute atomic E-state index is 12.3. The van der Waals surface area contributed by atoms with Crippen molar-refractivity contribution in [1.82, 2.24) is 9.88 Å². The van der Waals surface area contributed by atoms with Gasteiger partial charge in [-0.05, 0) is 25.3 Å². The monoisotopic (exact) mass is 283 g/mol. The van der Waals surface area contributed by atoms with Crippen molar-refractivity contribution in [2.24, 2.45) is 0 Å². The Morgan fingerprint density at radius 1 is 1.63 bits per heavy atom. The normalized spacial score (nSPS) is 19.2. The summed E-state index contributed by atoms with van der Waals surface area (Å²) in [6.45, 7) is 1.34. The molecule has 1 amide bonds. The van der Waals surface area contributed by atoms with Crippen LogP contribution in [0.3, 0.4) is 0 Å². The van der Waals surface area contributed by atoms with E-state index in [2.05, 4.69) is 4.98 Å². The first-order valence-electron chi connectivity index (χ1n) is 6.36. The molecule has 5 nitrogen and oxygen atoms in total. The van der Waals surface area contributed by atoms with Gasteiger partial charge in [-0.3, -0.25) is 4.79 Å². The zero-order valence-corrected chi connectivity index (χ0v) is 11.7. The number of ether oxygens (including phenoxy) is 1. The predicted molar refractivity (Wildman–Crippen MR) is 74.2 cm³/mol. The lowest BCUT2D eigenvalue weighted by Gasteiger charge is -2.27. The van der Waals surface area contributed by atoms with Gasteiger partial charge in [-0.1, -0.05) is 11.6 Å². The molecule has 0 saturated carbocycles. The summed E-state index contributed by atoms with van der Waals surface area (Å²) in [5, 5.41) is 0.315. The second-order valence-electron chi connectivity index (χ2n) is 4.76. The number of nitrogens with zero attached hydrogens (tertiary/aromatic N) is 2. The van der Waals surface area contributed by atoms with Gasteiger partial charge in [-0.2, -0.15) is 0 Å². The van der Waals surface area contributed by atoms with E-state index in [9.17, 15) is 4.79 Å². The summed E-state index contributed by atoms with van der Waals surface area (Å²) in [5.74, 6) is 0.128. The lowest BCUT2D eigenvalue weighted by atomic mass is 10.1. The molecule has 104 valence electrons. The number of hydrogen-bond acceptors (Lipinski definition) is 4. The van der Waals surface area contributed by atoms with Gasteiger partial charge >= 0.3 is 0 Å². The molecule has 2 heterocycles. The van der Waals surface area contributed by atoms with Crippen LogP contribution in [0.4, 0.5) is 5.82 Å². The zero-order valence-electron chi connectivity index (χ0n) is 10.9. The molecule has 6 heteroatoms. The van der Waals surface area contributed by atoms with Crippen molar-refractivity contribution in [3.8, 4) is 0 Å². The van der Waals surface area contributed by atoms with Crippen LogP contribution < -0.4 is 5.73 Å². The quantitative estimate of drug-likeness (QED) is 0.921. The fourth-order valence-corrected chi connectivity index (χ4v) is 2.35. The number of aromatic nitrogens is 1. The van der Waals surface area contributed by atoms with E-state index >= 15 is 0 Å². The second kappa shape index (κ2) is 6.21. The third-order valence-corrected chi connectivity index (χ3v) is 3.51. The molecule has 0 aromatic carbocycles. The molecular formula is C13H18ClN3O2. The molecule has 2 N–H and O–H groups in total. The molecule has 1 aromatic heterocycles. The number of amides is 1. The van der Waals surface area contributed by atoms with Crippen molar-refractivity contribution < 1.29 is 9.53 Å². The highest BCUT2D eigenvalue weighted by atomic mass is 35.5. The Morgan fingerprint density at radius 2 is 2.42 bits per heavy atom. The summed E-state index contributed by atoms with van der Waals surface area (Å²) in [5.41, 5.74) is 5.97. The van der Waals surface area contributed by atoms with Crippen molar-refractivity contribution in [2.75, 3.05) is 25.9 Å². The average Bonchev–Trinajstić information content (AvgIpc) is 2.42. The van der Waals surface area contributed by atoms with Gasteiger partial charge in [-0.25, -0.2) is 4.98 Å². The highest BCUT2D eigenvalue weighted by Gasteiger charge is 2.21. The van der Waals surface area contributed by atoms with Gasteiger partial charge < -0.3 is 15.4 Å². The van der Waals surface area contributed by atoms with Crippen LogP contribution in [-0.2, 0) is 4.74 Å². The van der Waals surface area contributed by atoms with Crippen LogP contribution in [0.15, 0.2) is 12.3 Å². The third-order valence-electron chi connectivity index (χ3n) is 3.21. The molecule has 1 unspecified atom stereocenters. The predicted octanol–water partition coefficient (Wildman–Crippen LogP) is 1.96. The van der Waals surface area contributed by atoms with E-state index in [1.807, 2.05) is 0 Å². The SMILES string of the molecule is CN(CC1CCCCO1)C(=O)c1cc(N)ncc1Cl. The van der Waals surface area contributed by atoms with E-state index in [4.69, 9.17) is 22.1 Å². The number of pyridine rings is 1. The summed E-state index contributed by atoms with van der Waals surface area (Å²) >= 11 is 5.98. The number of anilines is 1. The molecule has 1 saturated heterocycles. The largest absolute Gasteiger partial charge is 0.384 e. The number of carbonyl (C=O) groups is 1. The third kappa shape index (κ3) is 3.58. The van der Waals surface area contributed by atoms with Gasteiger partial charge in [0.25, 0.3) is 5.91 Å². The molecular weight excluding hydrogens is 266 g/mol. The lowest BCUT2D eigenvalue weighted by molar-refractivity contribution is -0.000185. The van der Waals surface area contributed by atoms with Gasteiger partial charge in [0, 0.05) is 26.4 Å². The minimum absolute atomic E-state index is 0.112. The summed E-state index contributed by atoms with van der Waals surface area (Å²) in [4.78, 5) is 17.8. The molecule has 0 radical (unpaired) electrons. The van der Waals surface area contributed by atoms with E-state index in [0.29, 0.717) is 17.1 Å². The minimum atomic E-state index is -0.159. The highest BCUT2D eigenvalue weighted by molar-refractivity contribution is 6.33. The van der Waals surface area contributed by atoms with Crippen molar-refractivity contribution in [3.05, 3.63) is 22.8 Å². The number of hydrogen-bond donors (Lipinski definition) is 1. The lowest BCUT2D eigenvalue weighted by Crippen LogP contribution is -2.37. The Kier molecular flexibility index (Phi) is 4.61. The van der Waals surface area contributed by atoms with Crippen LogP contribution in [-0.4, -0.2) is 42.1 Å². The topological polar surface area (TPSA) is 68.5 Å².